The van der Waals surface area contributed by atoms with Gasteiger partial charge in [-0.25, -0.2) is 14.4 Å². The Morgan fingerprint density at radius 3 is 2.63 bits per heavy atom. The van der Waals surface area contributed by atoms with Gasteiger partial charge >= 0.3 is 5.97 Å². The van der Waals surface area contributed by atoms with Crippen molar-refractivity contribution >= 4 is 17.7 Å². The molecule has 1 aliphatic heterocycles. The highest BCUT2D eigenvalue weighted by Crippen LogP contribution is 2.48. The molecule has 2 saturated carbocycles. The van der Waals surface area contributed by atoms with Crippen molar-refractivity contribution in [1.82, 2.24) is 19.3 Å². The Bertz CT molecular complexity index is 1630. The van der Waals surface area contributed by atoms with Crippen LogP contribution in [0.5, 0.6) is 0 Å². The molecule has 4 aromatic rings. The second-order valence-electron chi connectivity index (χ2n) is 10.8. The molecule has 3 aliphatic rings. The molecule has 2 aromatic heterocycles. The average Bonchev–Trinajstić information content (AvgIpc) is 3.84. The summed E-state index contributed by atoms with van der Waals surface area (Å²) in [6.45, 7) is 2.68. The van der Waals surface area contributed by atoms with Gasteiger partial charge in [0.2, 0.25) is 5.78 Å². The molecular weight excluding hydrogens is 483 g/mol. The Morgan fingerprint density at radius 1 is 1.08 bits per heavy atom. The summed E-state index contributed by atoms with van der Waals surface area (Å²) in [6.07, 6.45) is 5.20. The fourth-order valence-electron chi connectivity index (χ4n) is 5.92. The monoisotopic (exact) mass is 510 g/mol. The first-order chi connectivity index (χ1) is 18.4. The predicted molar refractivity (Wildman–Crippen MR) is 138 cm³/mol. The molecule has 0 spiro atoms. The number of imidazole rings is 1. The molecule has 1 amide bonds. The lowest BCUT2D eigenvalue weighted by atomic mass is 9.93. The molecule has 3 atom stereocenters. The molecule has 1 N–H and O–H groups in total. The number of carbonyl (C=O) groups excluding carboxylic acids is 1. The van der Waals surface area contributed by atoms with Crippen LogP contribution >= 0.6 is 0 Å². The zero-order valence-corrected chi connectivity index (χ0v) is 21.0. The SMILES string of the molecule is C[C@@H]1c2ccccc2CCN1C(=O)c1cc(C2CC2)n2cc(-c3ccc(C4CC4C(=O)O)cc3F)nc2n1. The zero-order chi connectivity index (χ0) is 26.1. The maximum Gasteiger partial charge on any atom is 0.307 e. The van der Waals surface area contributed by atoms with Gasteiger partial charge in [0.25, 0.3) is 5.91 Å². The molecule has 2 aromatic carbocycles. The van der Waals surface area contributed by atoms with E-state index in [0.717, 1.165) is 25.0 Å². The third kappa shape index (κ3) is 3.78. The minimum Gasteiger partial charge on any atom is -0.481 e. The maximum absolute atomic E-state index is 15.2. The van der Waals surface area contributed by atoms with E-state index in [1.54, 1.807) is 18.3 Å². The Kier molecular flexibility index (Phi) is 5.15. The molecule has 192 valence electrons. The van der Waals surface area contributed by atoms with Crippen LogP contribution in [0, 0.1) is 11.7 Å². The topological polar surface area (TPSA) is 87.8 Å². The number of halogens is 1. The molecule has 3 heterocycles. The molecule has 0 radical (unpaired) electrons. The Balaban J connectivity index is 1.23. The number of amides is 1. The highest BCUT2D eigenvalue weighted by atomic mass is 19.1. The standard InChI is InChI=1S/C30H27FN4O3/c1-16-20-5-3-2-4-17(20)10-11-34(16)28(36)25-14-27(18-6-7-18)35-15-26(33-30(35)32-25)21-9-8-19(12-24(21)31)22-13-23(22)29(37)38/h2-5,8-9,12,14-16,18,22-23H,6-7,10-11,13H2,1H3,(H,37,38)/t16-,22?,23?/m1/s1. The number of hydrogen-bond donors (Lipinski definition) is 1. The van der Waals surface area contributed by atoms with Crippen LogP contribution in [0.4, 0.5) is 4.39 Å². The third-order valence-corrected chi connectivity index (χ3v) is 8.35. The van der Waals surface area contributed by atoms with Gasteiger partial charge in [-0.05, 0) is 79.3 Å². The molecule has 2 fully saturated rings. The van der Waals surface area contributed by atoms with Gasteiger partial charge < -0.3 is 10.0 Å². The normalized spacial score (nSPS) is 22.4. The van der Waals surface area contributed by atoms with Gasteiger partial charge in [0.1, 0.15) is 11.5 Å². The van der Waals surface area contributed by atoms with Crippen molar-refractivity contribution in [3.63, 3.8) is 0 Å². The highest BCUT2D eigenvalue weighted by molar-refractivity contribution is 5.93. The average molecular weight is 511 g/mol. The van der Waals surface area contributed by atoms with E-state index in [9.17, 15) is 14.7 Å². The van der Waals surface area contributed by atoms with Gasteiger partial charge in [-0.15, -0.1) is 0 Å². The van der Waals surface area contributed by atoms with E-state index in [2.05, 4.69) is 29.0 Å². The second kappa shape index (κ2) is 8.48. The second-order valence-corrected chi connectivity index (χ2v) is 10.8. The Labute approximate surface area is 219 Å². The first-order valence-corrected chi connectivity index (χ1v) is 13.2. The van der Waals surface area contributed by atoms with Crippen LogP contribution < -0.4 is 0 Å². The lowest BCUT2D eigenvalue weighted by Crippen LogP contribution is -2.39. The van der Waals surface area contributed by atoms with Crippen molar-refractivity contribution in [3.05, 3.63) is 88.6 Å². The minimum absolute atomic E-state index is 0.0510. The Morgan fingerprint density at radius 2 is 1.89 bits per heavy atom. The number of rotatable bonds is 5. The summed E-state index contributed by atoms with van der Waals surface area (Å²) in [4.78, 5) is 36.1. The van der Waals surface area contributed by atoms with E-state index >= 15 is 4.39 Å². The van der Waals surface area contributed by atoms with Crippen LogP contribution in [0.3, 0.4) is 0 Å². The Hall–Kier alpha value is -4.07. The third-order valence-electron chi connectivity index (χ3n) is 8.35. The number of nitrogens with zero attached hydrogens (tertiary/aromatic N) is 4. The molecule has 8 heteroatoms. The fourth-order valence-corrected chi connectivity index (χ4v) is 5.92. The number of benzene rings is 2. The predicted octanol–water partition coefficient (Wildman–Crippen LogP) is 5.36. The van der Waals surface area contributed by atoms with Crippen molar-refractivity contribution in [1.29, 1.82) is 0 Å². The summed E-state index contributed by atoms with van der Waals surface area (Å²) in [5, 5.41) is 9.21. The number of hydrogen-bond acceptors (Lipinski definition) is 4. The van der Waals surface area contributed by atoms with E-state index in [0.29, 0.717) is 47.2 Å². The number of carboxylic acid groups (broad SMARTS) is 1. The smallest absolute Gasteiger partial charge is 0.307 e. The number of aliphatic carboxylic acids is 1. The van der Waals surface area contributed by atoms with Gasteiger partial charge in [-0.1, -0.05) is 30.3 Å². The van der Waals surface area contributed by atoms with Gasteiger partial charge in [-0.2, -0.15) is 0 Å². The van der Waals surface area contributed by atoms with E-state index in [4.69, 9.17) is 0 Å². The number of aromatic nitrogens is 3. The first kappa shape index (κ1) is 23.1. The molecule has 0 saturated heterocycles. The maximum atomic E-state index is 15.2. The molecule has 7 nitrogen and oxygen atoms in total. The summed E-state index contributed by atoms with van der Waals surface area (Å²) in [7, 11) is 0. The largest absolute Gasteiger partial charge is 0.481 e. The summed E-state index contributed by atoms with van der Waals surface area (Å²) in [5.74, 6) is -1.27. The molecule has 38 heavy (non-hydrogen) atoms. The zero-order valence-electron chi connectivity index (χ0n) is 21.0. The van der Waals surface area contributed by atoms with Crippen LogP contribution in [-0.4, -0.2) is 42.8 Å². The van der Waals surface area contributed by atoms with Crippen molar-refractivity contribution in [2.45, 2.75) is 50.5 Å². The molecule has 7 rings (SSSR count). The lowest BCUT2D eigenvalue weighted by molar-refractivity contribution is -0.138. The fraction of sp³-hybridized carbons (Fsp3) is 0.333. The van der Waals surface area contributed by atoms with Crippen LogP contribution in [-0.2, 0) is 11.2 Å². The molecule has 2 aliphatic carbocycles. The number of fused-ring (bicyclic) bond motifs is 2. The van der Waals surface area contributed by atoms with Crippen LogP contribution in [0.25, 0.3) is 17.0 Å². The van der Waals surface area contributed by atoms with Crippen LogP contribution in [0.1, 0.15) is 76.9 Å². The van der Waals surface area contributed by atoms with Gasteiger partial charge in [-0.3, -0.25) is 14.0 Å². The van der Waals surface area contributed by atoms with Gasteiger partial charge in [0.05, 0.1) is 17.7 Å². The summed E-state index contributed by atoms with van der Waals surface area (Å²) in [5.41, 5.74) is 5.26. The van der Waals surface area contributed by atoms with E-state index in [1.807, 2.05) is 27.5 Å². The summed E-state index contributed by atoms with van der Waals surface area (Å²) >= 11 is 0. The van der Waals surface area contributed by atoms with E-state index < -0.39 is 17.7 Å². The molecular formula is C30H27FN4O3. The number of carboxylic acids is 1. The lowest BCUT2D eigenvalue weighted by Gasteiger charge is -2.35. The quantitative estimate of drug-likeness (QED) is 0.391. The van der Waals surface area contributed by atoms with Crippen LogP contribution in [0.2, 0.25) is 0 Å². The van der Waals surface area contributed by atoms with E-state index in [1.165, 1.54) is 17.2 Å². The molecule has 0 bridgehead atoms. The number of carbonyl (C=O) groups is 2. The van der Waals surface area contributed by atoms with Crippen molar-refractivity contribution < 1.29 is 19.1 Å². The van der Waals surface area contributed by atoms with E-state index in [-0.39, 0.29) is 17.9 Å². The van der Waals surface area contributed by atoms with Gasteiger partial charge in [0.15, 0.2) is 0 Å². The van der Waals surface area contributed by atoms with Gasteiger partial charge in [0, 0.05) is 24.0 Å². The highest BCUT2D eigenvalue weighted by Gasteiger charge is 2.44. The molecule has 2 unspecified atom stereocenters. The summed E-state index contributed by atoms with van der Waals surface area (Å²) < 4.78 is 17.1. The summed E-state index contributed by atoms with van der Waals surface area (Å²) in [6, 6.07) is 14.9. The van der Waals surface area contributed by atoms with Crippen LogP contribution in [0.15, 0.2) is 54.7 Å². The van der Waals surface area contributed by atoms with Crippen molar-refractivity contribution in [3.8, 4) is 11.3 Å². The van der Waals surface area contributed by atoms with Crippen molar-refractivity contribution in [2.75, 3.05) is 6.54 Å². The van der Waals surface area contributed by atoms with Crippen molar-refractivity contribution in [2.24, 2.45) is 5.92 Å². The minimum atomic E-state index is -0.841. The first-order valence-electron chi connectivity index (χ1n) is 13.2.